The summed E-state index contributed by atoms with van der Waals surface area (Å²) in [6.07, 6.45) is 4.06. The fourth-order valence-electron chi connectivity index (χ4n) is 4.42. The molecule has 1 aliphatic rings. The van der Waals surface area contributed by atoms with E-state index in [-0.39, 0.29) is 11.9 Å². The Labute approximate surface area is 210 Å². The van der Waals surface area contributed by atoms with Crippen molar-refractivity contribution in [2.75, 3.05) is 44.9 Å². The van der Waals surface area contributed by atoms with E-state index in [0.29, 0.717) is 48.0 Å². The van der Waals surface area contributed by atoms with Gasteiger partial charge in [0, 0.05) is 36.0 Å². The number of carbonyl (C=O) groups excluding carboxylic acids is 2. The highest BCUT2D eigenvalue weighted by Crippen LogP contribution is 2.39. The molecular weight excluding hydrogens is 456 g/mol. The summed E-state index contributed by atoms with van der Waals surface area (Å²) in [5.74, 6) is 0.504. The first kappa shape index (κ1) is 25.0. The van der Waals surface area contributed by atoms with Crippen LogP contribution in [-0.2, 0) is 4.79 Å². The maximum atomic E-state index is 12.6. The SMILES string of the molecule is COc1cc(-c2nn3c(c2C(N)=O)NCCC3c2ccccc2NC(=O)C=CCN(C)C)ccc1C. The van der Waals surface area contributed by atoms with Gasteiger partial charge in [-0.3, -0.25) is 9.59 Å². The van der Waals surface area contributed by atoms with E-state index >= 15 is 0 Å². The molecule has 9 nitrogen and oxygen atoms in total. The Hall–Kier alpha value is -4.11. The number of ether oxygens (including phenoxy) is 1. The van der Waals surface area contributed by atoms with Crippen LogP contribution in [0.25, 0.3) is 11.3 Å². The number of rotatable bonds is 8. The summed E-state index contributed by atoms with van der Waals surface area (Å²) >= 11 is 0. The Balaban J connectivity index is 1.75. The van der Waals surface area contributed by atoms with E-state index in [4.69, 9.17) is 15.6 Å². The highest BCUT2D eigenvalue weighted by molar-refractivity contribution is 6.04. The number of likely N-dealkylation sites (N-methyl/N-ethyl adjacent to an activating group) is 1. The lowest BCUT2D eigenvalue weighted by Gasteiger charge is -2.28. The number of fused-ring (bicyclic) bond motifs is 1. The van der Waals surface area contributed by atoms with Crippen LogP contribution in [0.15, 0.2) is 54.6 Å². The number of aromatic nitrogens is 2. The standard InChI is InChI=1S/C27H32N6O3/c1-17-11-12-18(16-22(17)36-4)25-24(26(28)35)27-29-14-13-21(33(27)31-25)19-8-5-6-9-20(19)30-23(34)10-7-15-32(2)3/h5-12,16,21,29H,13-15H2,1-4H3,(H2,28,35)(H,30,34). The quantitative estimate of drug-likeness (QED) is 0.419. The molecule has 1 aliphatic heterocycles. The van der Waals surface area contributed by atoms with E-state index in [9.17, 15) is 9.59 Å². The molecule has 4 rings (SSSR count). The van der Waals surface area contributed by atoms with Gasteiger partial charge in [-0.25, -0.2) is 4.68 Å². The van der Waals surface area contributed by atoms with Crippen molar-refractivity contribution in [1.29, 1.82) is 0 Å². The molecule has 36 heavy (non-hydrogen) atoms. The maximum absolute atomic E-state index is 12.6. The third-order valence-corrected chi connectivity index (χ3v) is 6.16. The van der Waals surface area contributed by atoms with E-state index in [1.54, 1.807) is 11.8 Å². The van der Waals surface area contributed by atoms with Crippen LogP contribution in [0.1, 0.15) is 33.9 Å². The monoisotopic (exact) mass is 488 g/mol. The molecular formula is C27H32N6O3. The summed E-state index contributed by atoms with van der Waals surface area (Å²) in [6, 6.07) is 13.1. The number of para-hydroxylation sites is 1. The van der Waals surface area contributed by atoms with Gasteiger partial charge >= 0.3 is 0 Å². The third-order valence-electron chi connectivity index (χ3n) is 6.16. The molecule has 1 unspecified atom stereocenters. The average molecular weight is 489 g/mol. The lowest BCUT2D eigenvalue weighted by atomic mass is 9.99. The second kappa shape index (κ2) is 10.7. The van der Waals surface area contributed by atoms with Crippen LogP contribution in [0.5, 0.6) is 5.75 Å². The van der Waals surface area contributed by atoms with Gasteiger partial charge in [-0.2, -0.15) is 5.10 Å². The van der Waals surface area contributed by atoms with Crippen molar-refractivity contribution in [2.45, 2.75) is 19.4 Å². The maximum Gasteiger partial charge on any atom is 0.254 e. The normalized spacial score (nSPS) is 15.0. The van der Waals surface area contributed by atoms with Gasteiger partial charge in [-0.15, -0.1) is 0 Å². The second-order valence-electron chi connectivity index (χ2n) is 9.04. The minimum absolute atomic E-state index is 0.204. The number of methoxy groups -OCH3 is 1. The number of nitrogens with two attached hydrogens (primary N) is 1. The van der Waals surface area contributed by atoms with Crippen molar-refractivity contribution >= 4 is 23.3 Å². The minimum atomic E-state index is -0.563. The Kier molecular flexibility index (Phi) is 7.40. The minimum Gasteiger partial charge on any atom is -0.496 e. The second-order valence-corrected chi connectivity index (χ2v) is 9.04. The van der Waals surface area contributed by atoms with Gasteiger partial charge in [0.15, 0.2) is 0 Å². The fraction of sp³-hybridized carbons (Fsp3) is 0.296. The molecule has 2 aromatic carbocycles. The van der Waals surface area contributed by atoms with E-state index in [1.807, 2.05) is 74.5 Å². The summed E-state index contributed by atoms with van der Waals surface area (Å²) in [4.78, 5) is 27.1. The van der Waals surface area contributed by atoms with Crippen LogP contribution in [0, 0.1) is 6.92 Å². The number of hydrogen-bond acceptors (Lipinski definition) is 6. The molecule has 2 amide bonds. The van der Waals surface area contributed by atoms with Crippen LogP contribution < -0.4 is 21.1 Å². The zero-order chi connectivity index (χ0) is 25.8. The van der Waals surface area contributed by atoms with Gasteiger partial charge in [0.1, 0.15) is 22.8 Å². The molecule has 1 atom stereocenters. The molecule has 0 radical (unpaired) electrons. The molecule has 0 saturated heterocycles. The van der Waals surface area contributed by atoms with Crippen LogP contribution >= 0.6 is 0 Å². The number of primary amides is 1. The van der Waals surface area contributed by atoms with E-state index in [0.717, 1.165) is 16.7 Å². The van der Waals surface area contributed by atoms with Crippen molar-refractivity contribution in [1.82, 2.24) is 14.7 Å². The van der Waals surface area contributed by atoms with Crippen LogP contribution in [0.2, 0.25) is 0 Å². The van der Waals surface area contributed by atoms with Gasteiger partial charge in [-0.05, 0) is 45.1 Å². The number of hydrogen-bond donors (Lipinski definition) is 3. The molecule has 0 saturated carbocycles. The van der Waals surface area contributed by atoms with Crippen LogP contribution in [0.4, 0.5) is 11.5 Å². The molecule has 2 heterocycles. The van der Waals surface area contributed by atoms with Gasteiger partial charge in [-0.1, -0.05) is 36.4 Å². The fourth-order valence-corrected chi connectivity index (χ4v) is 4.42. The molecule has 9 heteroatoms. The summed E-state index contributed by atoms with van der Waals surface area (Å²) < 4.78 is 7.28. The summed E-state index contributed by atoms with van der Waals surface area (Å²) in [5.41, 5.74) is 9.98. The van der Waals surface area contributed by atoms with Gasteiger partial charge < -0.3 is 26.0 Å². The number of carbonyl (C=O) groups is 2. The highest BCUT2D eigenvalue weighted by Gasteiger charge is 2.31. The number of anilines is 2. The molecule has 0 aliphatic carbocycles. The van der Waals surface area contributed by atoms with Gasteiger partial charge in [0.05, 0.1) is 13.2 Å². The van der Waals surface area contributed by atoms with Gasteiger partial charge in [0.25, 0.3) is 5.91 Å². The molecule has 0 bridgehead atoms. The Morgan fingerprint density at radius 2 is 2.06 bits per heavy atom. The molecule has 188 valence electrons. The average Bonchev–Trinajstić information content (AvgIpc) is 3.24. The molecule has 3 aromatic rings. The lowest BCUT2D eigenvalue weighted by molar-refractivity contribution is -0.111. The lowest BCUT2D eigenvalue weighted by Crippen LogP contribution is -2.27. The molecule has 0 fully saturated rings. The van der Waals surface area contributed by atoms with Crippen LogP contribution in [0.3, 0.4) is 0 Å². The summed E-state index contributed by atoms with van der Waals surface area (Å²) in [6.45, 7) is 3.25. The largest absolute Gasteiger partial charge is 0.496 e. The number of benzene rings is 2. The smallest absolute Gasteiger partial charge is 0.254 e. The van der Waals surface area contributed by atoms with Crippen molar-refractivity contribution in [3.63, 3.8) is 0 Å². The highest BCUT2D eigenvalue weighted by atomic mass is 16.5. The van der Waals surface area contributed by atoms with E-state index < -0.39 is 5.91 Å². The first-order valence-electron chi connectivity index (χ1n) is 11.8. The number of aryl methyl sites for hydroxylation is 1. The van der Waals surface area contributed by atoms with Crippen molar-refractivity contribution < 1.29 is 14.3 Å². The predicted octanol–water partition coefficient (Wildman–Crippen LogP) is 3.43. The van der Waals surface area contributed by atoms with Crippen molar-refractivity contribution in [2.24, 2.45) is 5.73 Å². The zero-order valence-electron chi connectivity index (χ0n) is 21.0. The molecule has 0 spiro atoms. The topological polar surface area (TPSA) is 115 Å². The molecule has 4 N–H and O–H groups in total. The van der Waals surface area contributed by atoms with Crippen LogP contribution in [-0.4, -0.2) is 60.8 Å². The predicted molar refractivity (Wildman–Crippen MR) is 141 cm³/mol. The van der Waals surface area contributed by atoms with E-state index in [1.165, 1.54) is 6.08 Å². The number of nitrogens with zero attached hydrogens (tertiary/aromatic N) is 3. The Bertz CT molecular complexity index is 1310. The Morgan fingerprint density at radius 3 is 2.78 bits per heavy atom. The number of nitrogens with one attached hydrogen (secondary N) is 2. The molecule has 1 aromatic heterocycles. The third kappa shape index (κ3) is 5.11. The summed E-state index contributed by atoms with van der Waals surface area (Å²) in [5, 5.41) is 11.2. The zero-order valence-corrected chi connectivity index (χ0v) is 21.0. The summed E-state index contributed by atoms with van der Waals surface area (Å²) in [7, 11) is 5.49. The van der Waals surface area contributed by atoms with E-state index in [2.05, 4.69) is 10.6 Å². The van der Waals surface area contributed by atoms with Crippen molar-refractivity contribution in [3.05, 3.63) is 71.3 Å². The van der Waals surface area contributed by atoms with Crippen molar-refractivity contribution in [3.8, 4) is 17.0 Å². The van der Waals surface area contributed by atoms with Gasteiger partial charge in [0.2, 0.25) is 5.91 Å². The first-order chi connectivity index (χ1) is 17.3. The first-order valence-corrected chi connectivity index (χ1v) is 11.8. The number of amides is 2. The Morgan fingerprint density at radius 1 is 1.28 bits per heavy atom.